The summed E-state index contributed by atoms with van der Waals surface area (Å²) in [6.45, 7) is 4.52. The van der Waals surface area contributed by atoms with Gasteiger partial charge in [-0.05, 0) is 56.0 Å². The lowest BCUT2D eigenvalue weighted by Crippen LogP contribution is -2.38. The van der Waals surface area contributed by atoms with Crippen LogP contribution in [-0.4, -0.2) is 31.3 Å². The molecule has 25 heavy (non-hydrogen) atoms. The van der Waals surface area contributed by atoms with Crippen LogP contribution < -0.4 is 5.32 Å². The van der Waals surface area contributed by atoms with E-state index in [4.69, 9.17) is 0 Å². The van der Waals surface area contributed by atoms with Crippen LogP contribution in [0.3, 0.4) is 0 Å². The molecule has 0 spiro atoms. The molecule has 0 aliphatic carbocycles. The maximum Gasteiger partial charge on any atom is 0.243 e. The van der Waals surface area contributed by atoms with E-state index in [0.717, 1.165) is 41.8 Å². The van der Waals surface area contributed by atoms with E-state index in [1.54, 1.807) is 16.4 Å². The summed E-state index contributed by atoms with van der Waals surface area (Å²) < 4.78 is 28.1. The Morgan fingerprint density at radius 3 is 2.52 bits per heavy atom. The quantitative estimate of drug-likeness (QED) is 0.905. The normalized spacial score (nSPS) is 18.9. The highest BCUT2D eigenvalue weighted by molar-refractivity contribution is 7.89. The average molecular weight is 359 g/mol. The molecule has 1 aliphatic rings. The van der Waals surface area contributed by atoms with E-state index in [1.807, 2.05) is 45.3 Å². The number of hydrogen-bond acceptors (Lipinski definition) is 4. The Kier molecular flexibility index (Phi) is 5.11. The van der Waals surface area contributed by atoms with E-state index in [2.05, 4.69) is 10.3 Å². The van der Waals surface area contributed by atoms with Crippen LogP contribution in [0.5, 0.6) is 0 Å². The lowest BCUT2D eigenvalue weighted by atomic mass is 9.95. The number of pyridine rings is 1. The van der Waals surface area contributed by atoms with Crippen LogP contribution in [0.1, 0.15) is 42.0 Å². The minimum absolute atomic E-state index is 0.154. The molecule has 1 fully saturated rings. The highest BCUT2D eigenvalue weighted by Crippen LogP contribution is 2.36. The van der Waals surface area contributed by atoms with Gasteiger partial charge in [-0.1, -0.05) is 24.1 Å². The first-order chi connectivity index (χ1) is 11.9. The zero-order valence-electron chi connectivity index (χ0n) is 15.0. The molecule has 0 bridgehead atoms. The van der Waals surface area contributed by atoms with Crippen LogP contribution in [0.15, 0.2) is 41.4 Å². The van der Waals surface area contributed by atoms with Crippen molar-refractivity contribution in [2.45, 2.75) is 44.0 Å². The topological polar surface area (TPSA) is 62.3 Å². The standard InChI is InChI=1S/C19H25N3O2S/c1-14-7-9-16(10-8-14)25(23,24)22-11-5-4-6-18(22)17-13-21-19(20-3)12-15(17)2/h7-10,12-13,18H,4-6,11H2,1-3H3,(H,20,21). The molecule has 134 valence electrons. The van der Waals surface area contributed by atoms with Crippen LogP contribution in [0.4, 0.5) is 5.82 Å². The second kappa shape index (κ2) is 7.14. The number of benzene rings is 1. The summed E-state index contributed by atoms with van der Waals surface area (Å²) in [5, 5.41) is 3.03. The molecule has 1 saturated heterocycles. The Balaban J connectivity index is 2.00. The number of hydrogen-bond donors (Lipinski definition) is 1. The third kappa shape index (κ3) is 3.55. The summed E-state index contributed by atoms with van der Waals surface area (Å²) in [4.78, 5) is 4.76. The van der Waals surface area contributed by atoms with Crippen LogP contribution >= 0.6 is 0 Å². The van der Waals surface area contributed by atoms with Crippen LogP contribution in [0.2, 0.25) is 0 Å². The number of rotatable bonds is 4. The van der Waals surface area contributed by atoms with Gasteiger partial charge in [0.25, 0.3) is 0 Å². The number of piperidine rings is 1. The van der Waals surface area contributed by atoms with Gasteiger partial charge in [0, 0.05) is 19.8 Å². The fourth-order valence-corrected chi connectivity index (χ4v) is 5.08. The fourth-order valence-electron chi connectivity index (χ4n) is 3.40. The van der Waals surface area contributed by atoms with Gasteiger partial charge in [0.15, 0.2) is 0 Å². The van der Waals surface area contributed by atoms with E-state index >= 15 is 0 Å². The van der Waals surface area contributed by atoms with Crippen molar-refractivity contribution in [1.29, 1.82) is 0 Å². The minimum atomic E-state index is -3.52. The van der Waals surface area contributed by atoms with Gasteiger partial charge in [-0.3, -0.25) is 0 Å². The third-order valence-electron chi connectivity index (χ3n) is 4.85. The van der Waals surface area contributed by atoms with E-state index < -0.39 is 10.0 Å². The lowest BCUT2D eigenvalue weighted by Gasteiger charge is -2.35. The van der Waals surface area contributed by atoms with Crippen molar-refractivity contribution >= 4 is 15.8 Å². The maximum absolute atomic E-state index is 13.2. The highest BCUT2D eigenvalue weighted by Gasteiger charge is 2.35. The molecular formula is C19H25N3O2S. The van der Waals surface area contributed by atoms with E-state index in [-0.39, 0.29) is 6.04 Å². The van der Waals surface area contributed by atoms with Gasteiger partial charge in [0.05, 0.1) is 10.9 Å². The molecule has 1 unspecified atom stereocenters. The Bertz CT molecular complexity index is 847. The van der Waals surface area contributed by atoms with Crippen molar-refractivity contribution in [3.8, 4) is 0 Å². The average Bonchev–Trinajstić information content (AvgIpc) is 2.62. The molecule has 1 N–H and O–H groups in total. The smallest absolute Gasteiger partial charge is 0.243 e. The van der Waals surface area contributed by atoms with E-state index in [9.17, 15) is 8.42 Å². The molecule has 3 rings (SSSR count). The lowest BCUT2D eigenvalue weighted by molar-refractivity contribution is 0.255. The van der Waals surface area contributed by atoms with Crippen molar-refractivity contribution in [3.05, 3.63) is 53.2 Å². The molecular weight excluding hydrogens is 334 g/mol. The van der Waals surface area contributed by atoms with Crippen molar-refractivity contribution in [3.63, 3.8) is 0 Å². The number of anilines is 1. The number of nitrogens with zero attached hydrogens (tertiary/aromatic N) is 2. The fraction of sp³-hybridized carbons (Fsp3) is 0.421. The number of sulfonamides is 1. The van der Waals surface area contributed by atoms with Crippen molar-refractivity contribution in [1.82, 2.24) is 9.29 Å². The first-order valence-corrected chi connectivity index (χ1v) is 10.1. The zero-order valence-corrected chi connectivity index (χ0v) is 15.8. The largest absolute Gasteiger partial charge is 0.373 e. The molecule has 0 amide bonds. The molecule has 1 aromatic carbocycles. The molecule has 1 aromatic heterocycles. The van der Waals surface area contributed by atoms with Crippen LogP contribution in [0.25, 0.3) is 0 Å². The SMILES string of the molecule is CNc1cc(C)c(C2CCCCN2S(=O)(=O)c2ccc(C)cc2)cn1. The van der Waals surface area contributed by atoms with Gasteiger partial charge in [0.1, 0.15) is 5.82 Å². The highest BCUT2D eigenvalue weighted by atomic mass is 32.2. The Labute approximate surface area is 150 Å². The first-order valence-electron chi connectivity index (χ1n) is 8.66. The van der Waals surface area contributed by atoms with Crippen LogP contribution in [-0.2, 0) is 10.0 Å². The molecule has 1 atom stereocenters. The first kappa shape index (κ1) is 17.9. The molecule has 6 heteroatoms. The third-order valence-corrected chi connectivity index (χ3v) is 6.77. The molecule has 0 saturated carbocycles. The maximum atomic E-state index is 13.2. The summed E-state index contributed by atoms with van der Waals surface area (Å²) in [6.07, 6.45) is 4.56. The second-order valence-corrected chi connectivity index (χ2v) is 8.51. The van der Waals surface area contributed by atoms with Crippen molar-refractivity contribution < 1.29 is 8.42 Å². The Morgan fingerprint density at radius 1 is 1.16 bits per heavy atom. The minimum Gasteiger partial charge on any atom is -0.373 e. The van der Waals surface area contributed by atoms with Gasteiger partial charge in [-0.25, -0.2) is 13.4 Å². The Morgan fingerprint density at radius 2 is 1.88 bits per heavy atom. The molecule has 0 radical (unpaired) electrons. The molecule has 2 heterocycles. The number of aryl methyl sites for hydroxylation is 2. The summed E-state index contributed by atoms with van der Waals surface area (Å²) in [6, 6.07) is 8.91. The van der Waals surface area contributed by atoms with E-state index in [1.165, 1.54) is 0 Å². The van der Waals surface area contributed by atoms with Crippen molar-refractivity contribution in [2.75, 3.05) is 18.9 Å². The van der Waals surface area contributed by atoms with Gasteiger partial charge < -0.3 is 5.32 Å². The molecule has 2 aromatic rings. The Hall–Kier alpha value is -1.92. The van der Waals surface area contributed by atoms with Gasteiger partial charge >= 0.3 is 0 Å². The summed E-state index contributed by atoms with van der Waals surface area (Å²) in [5.74, 6) is 0.796. The van der Waals surface area contributed by atoms with Crippen molar-refractivity contribution in [2.24, 2.45) is 0 Å². The van der Waals surface area contributed by atoms with Gasteiger partial charge in [-0.2, -0.15) is 4.31 Å². The summed E-state index contributed by atoms with van der Waals surface area (Å²) >= 11 is 0. The summed E-state index contributed by atoms with van der Waals surface area (Å²) in [7, 11) is -1.69. The predicted octanol–water partition coefficient (Wildman–Crippen LogP) is 3.66. The number of aromatic nitrogens is 1. The van der Waals surface area contributed by atoms with Crippen LogP contribution in [0, 0.1) is 13.8 Å². The summed E-state index contributed by atoms with van der Waals surface area (Å²) in [5.41, 5.74) is 3.11. The van der Waals surface area contributed by atoms with Gasteiger partial charge in [0.2, 0.25) is 10.0 Å². The number of nitrogens with one attached hydrogen (secondary N) is 1. The predicted molar refractivity (Wildman–Crippen MR) is 100 cm³/mol. The molecule has 1 aliphatic heterocycles. The second-order valence-electron chi connectivity index (χ2n) is 6.62. The van der Waals surface area contributed by atoms with E-state index in [0.29, 0.717) is 11.4 Å². The zero-order chi connectivity index (χ0) is 18.0. The molecule has 5 nitrogen and oxygen atoms in total. The monoisotopic (exact) mass is 359 g/mol. The van der Waals surface area contributed by atoms with Gasteiger partial charge in [-0.15, -0.1) is 0 Å².